The zero-order valence-electron chi connectivity index (χ0n) is 23.2. The molecule has 4 atom stereocenters. The van der Waals surface area contributed by atoms with Gasteiger partial charge in [-0.3, -0.25) is 44.5 Å². The minimum absolute atomic E-state index is 0.0213. The molecule has 6 rings (SSSR count). The van der Waals surface area contributed by atoms with Crippen LogP contribution in [0.3, 0.4) is 0 Å². The van der Waals surface area contributed by atoms with Gasteiger partial charge in [0.1, 0.15) is 11.1 Å². The second kappa shape index (κ2) is 11.0. The molecule has 2 saturated heterocycles. The van der Waals surface area contributed by atoms with Gasteiger partial charge in [-0.25, -0.2) is 0 Å². The number of carbonyl (C=O) groups excluding carboxylic acids is 2. The van der Waals surface area contributed by atoms with Crippen molar-refractivity contribution in [1.29, 1.82) is 0 Å². The van der Waals surface area contributed by atoms with E-state index in [1.165, 1.54) is 36.6 Å². The van der Waals surface area contributed by atoms with Crippen LogP contribution in [-0.4, -0.2) is 49.8 Å². The van der Waals surface area contributed by atoms with Crippen LogP contribution in [0, 0.1) is 28.9 Å². The molecule has 12 nitrogen and oxygen atoms in total. The molecule has 2 aliphatic heterocycles. The number of rotatable bonds is 8. The first-order valence-electron chi connectivity index (χ1n) is 13.7. The van der Waals surface area contributed by atoms with E-state index in [9.17, 15) is 34.4 Å². The van der Waals surface area contributed by atoms with Gasteiger partial charge in [-0.15, -0.1) is 0 Å². The number of amides is 2. The third-order valence-corrected chi connectivity index (χ3v) is 8.90. The van der Waals surface area contributed by atoms with Crippen LogP contribution in [0.15, 0.2) is 76.3 Å². The quantitative estimate of drug-likeness (QED) is 0.169. The lowest BCUT2D eigenvalue weighted by atomic mass is 9.76. The Bertz CT molecular complexity index is 1890. The molecule has 4 aromatic rings. The summed E-state index contributed by atoms with van der Waals surface area (Å²) in [5.41, 5.74) is -0.811. The number of fused-ring (bicyclic) bond motifs is 2. The van der Waals surface area contributed by atoms with Crippen LogP contribution in [0.1, 0.15) is 28.4 Å². The molecule has 4 heterocycles. The van der Waals surface area contributed by atoms with Gasteiger partial charge in [0.2, 0.25) is 11.8 Å². The summed E-state index contributed by atoms with van der Waals surface area (Å²) in [5.74, 6) is -5.37. The largest absolute Gasteiger partial charge is 0.480 e. The van der Waals surface area contributed by atoms with Gasteiger partial charge in [0.15, 0.2) is 5.43 Å². The molecule has 0 saturated carbocycles. The zero-order chi connectivity index (χ0) is 31.3. The number of halogens is 1. The lowest BCUT2D eigenvalue weighted by Crippen LogP contribution is -2.57. The number of nitrogens with zero attached hydrogens (tertiary/aromatic N) is 3. The molecule has 4 unspecified atom stereocenters. The molecule has 2 N–H and O–H groups in total. The monoisotopic (exact) mass is 616 g/mol. The Kier molecular flexibility index (Phi) is 7.26. The number of likely N-dealkylation sites (tertiary alicyclic amines) is 1. The molecule has 2 fully saturated rings. The van der Waals surface area contributed by atoms with Gasteiger partial charge >= 0.3 is 5.97 Å². The molecule has 0 spiro atoms. The van der Waals surface area contributed by atoms with Crippen molar-refractivity contribution < 1.29 is 28.8 Å². The number of non-ortho nitro benzene ring substituents is 1. The average molecular weight is 617 g/mol. The number of nitro benzene ring substituents is 1. The molecule has 44 heavy (non-hydrogen) atoms. The van der Waals surface area contributed by atoms with Gasteiger partial charge < -0.3 is 9.52 Å². The fourth-order valence-electron chi connectivity index (χ4n) is 6.30. The third-order valence-electron chi connectivity index (χ3n) is 8.49. The molecular formula is C31H25ClN4O8. The van der Waals surface area contributed by atoms with Crippen LogP contribution >= 0.6 is 11.6 Å². The fourth-order valence-corrected chi connectivity index (χ4v) is 6.46. The summed E-state index contributed by atoms with van der Waals surface area (Å²) in [7, 11) is 0. The van der Waals surface area contributed by atoms with E-state index in [0.717, 1.165) is 4.90 Å². The second-order valence-corrected chi connectivity index (χ2v) is 11.4. The van der Waals surface area contributed by atoms with Gasteiger partial charge in [0.25, 0.3) is 5.69 Å². The van der Waals surface area contributed by atoms with E-state index in [4.69, 9.17) is 16.0 Å². The predicted molar refractivity (Wildman–Crippen MR) is 157 cm³/mol. The molecule has 13 heteroatoms. The first-order valence-corrected chi connectivity index (χ1v) is 14.1. The number of nitro groups is 1. The van der Waals surface area contributed by atoms with Crippen LogP contribution in [0.25, 0.3) is 11.0 Å². The van der Waals surface area contributed by atoms with Gasteiger partial charge in [-0.05, 0) is 42.3 Å². The maximum atomic E-state index is 14.0. The van der Waals surface area contributed by atoms with Crippen LogP contribution in [0.4, 0.5) is 5.69 Å². The second-order valence-electron chi connectivity index (χ2n) is 11.0. The average Bonchev–Trinajstić information content (AvgIpc) is 3.47. The lowest BCUT2D eigenvalue weighted by Gasteiger charge is -2.31. The highest BCUT2D eigenvalue weighted by Crippen LogP contribution is 2.50. The first kappa shape index (κ1) is 29.1. The maximum absolute atomic E-state index is 14.0. The van der Waals surface area contributed by atoms with Crippen molar-refractivity contribution in [3.05, 3.63) is 115 Å². The summed E-state index contributed by atoms with van der Waals surface area (Å²) >= 11 is 6.29. The Morgan fingerprint density at radius 2 is 1.91 bits per heavy atom. The summed E-state index contributed by atoms with van der Waals surface area (Å²) in [6.07, 6.45) is 2.72. The van der Waals surface area contributed by atoms with E-state index >= 15 is 0 Å². The maximum Gasteiger partial charge on any atom is 0.325 e. The summed E-state index contributed by atoms with van der Waals surface area (Å²) in [5, 5.41) is 25.3. The van der Waals surface area contributed by atoms with Gasteiger partial charge in [-0.2, -0.15) is 0 Å². The summed E-state index contributed by atoms with van der Waals surface area (Å²) in [4.78, 5) is 70.8. The molecule has 0 bridgehead atoms. The van der Waals surface area contributed by atoms with E-state index in [1.54, 1.807) is 37.4 Å². The molecular weight excluding hydrogens is 592 g/mol. The van der Waals surface area contributed by atoms with Crippen LogP contribution in [-0.2, 0) is 27.2 Å². The van der Waals surface area contributed by atoms with Crippen molar-refractivity contribution in [1.82, 2.24) is 15.2 Å². The number of pyridine rings is 1. The number of carboxylic acids is 1. The van der Waals surface area contributed by atoms with E-state index in [-0.39, 0.29) is 41.6 Å². The number of hydrogen-bond acceptors (Lipinski definition) is 9. The van der Waals surface area contributed by atoms with Gasteiger partial charge in [0, 0.05) is 48.4 Å². The van der Waals surface area contributed by atoms with Crippen LogP contribution in [0.2, 0.25) is 5.02 Å². The number of carbonyl (C=O) groups is 3. The Morgan fingerprint density at radius 1 is 1.16 bits per heavy atom. The molecule has 2 aromatic carbocycles. The Hall–Kier alpha value is -4.94. The molecule has 2 aromatic heterocycles. The van der Waals surface area contributed by atoms with Gasteiger partial charge in [-0.1, -0.05) is 29.8 Å². The lowest BCUT2D eigenvalue weighted by molar-refractivity contribution is -0.384. The number of imide groups is 1. The zero-order valence-corrected chi connectivity index (χ0v) is 24.0. The normalized spacial score (nSPS) is 22.9. The van der Waals surface area contributed by atoms with Crippen molar-refractivity contribution in [2.24, 2.45) is 11.8 Å². The number of benzene rings is 2. The van der Waals surface area contributed by atoms with Crippen LogP contribution < -0.4 is 10.7 Å². The van der Waals surface area contributed by atoms with E-state index < -0.39 is 51.6 Å². The smallest absolute Gasteiger partial charge is 0.325 e. The molecule has 2 amide bonds. The molecule has 0 radical (unpaired) electrons. The molecule has 0 aliphatic carbocycles. The Labute approximate surface area is 254 Å². The number of aryl methyl sites for hydroxylation is 1. The highest BCUT2D eigenvalue weighted by molar-refractivity contribution is 6.32. The van der Waals surface area contributed by atoms with E-state index in [1.807, 2.05) is 0 Å². The van der Waals surface area contributed by atoms with Crippen molar-refractivity contribution >= 4 is 46.0 Å². The van der Waals surface area contributed by atoms with E-state index in [0.29, 0.717) is 21.8 Å². The standard InChI is InChI=1S/C31H25ClN4O8/c1-16-12-23-20(13-22(16)32)27(37)21(15-44-23)26-24-25(29(39)35(28(24)38)11-9-18-4-2-3-10-33-18)31(34-26,30(40)41)14-17-5-7-19(8-6-17)36(42)43/h2-8,10,12-13,15,24-26,34H,9,11,14H2,1H3,(H,40,41). The van der Waals surface area contributed by atoms with E-state index in [2.05, 4.69) is 10.3 Å². The van der Waals surface area contributed by atoms with Crippen LogP contribution in [0.5, 0.6) is 0 Å². The summed E-state index contributed by atoms with van der Waals surface area (Å²) < 4.78 is 5.77. The topological polar surface area (TPSA) is 173 Å². The van der Waals surface area contributed by atoms with Crippen molar-refractivity contribution in [3.63, 3.8) is 0 Å². The minimum atomic E-state index is -2.04. The summed E-state index contributed by atoms with van der Waals surface area (Å²) in [6.45, 7) is 1.71. The summed E-state index contributed by atoms with van der Waals surface area (Å²) in [6, 6.07) is 12.4. The number of aliphatic carboxylic acids is 1. The SMILES string of the molecule is Cc1cc2occ(C3NC(Cc4ccc([N+](=O)[O-])cc4)(C(=O)O)C4C(=O)N(CCc5ccccn5)C(=O)C34)c(=O)c2cc1Cl. The molecule has 224 valence electrons. The number of carboxylic acid groups (broad SMARTS) is 1. The number of hydrogen-bond donors (Lipinski definition) is 2. The predicted octanol–water partition coefficient (Wildman–Crippen LogP) is 3.61. The fraction of sp³-hybridized carbons (Fsp3) is 0.258. The van der Waals surface area contributed by atoms with Gasteiger partial charge in [0.05, 0.1) is 40.0 Å². The Morgan fingerprint density at radius 3 is 2.57 bits per heavy atom. The van der Waals surface area contributed by atoms with Crippen molar-refractivity contribution in [2.45, 2.75) is 31.3 Å². The first-order chi connectivity index (χ1) is 21.0. The highest BCUT2D eigenvalue weighted by Gasteiger charge is 2.68. The Balaban J connectivity index is 1.46. The number of aromatic nitrogens is 1. The van der Waals surface area contributed by atoms with Crippen molar-refractivity contribution in [3.8, 4) is 0 Å². The number of nitrogens with one attached hydrogen (secondary N) is 1. The molecule has 2 aliphatic rings. The third kappa shape index (κ3) is 4.72. The van der Waals surface area contributed by atoms with Crippen molar-refractivity contribution in [2.75, 3.05) is 6.54 Å². The highest BCUT2D eigenvalue weighted by atomic mass is 35.5. The minimum Gasteiger partial charge on any atom is -0.480 e.